The molecule has 0 aliphatic carbocycles. The SMILES string of the molecule is CC1C/C=C(\c2ccc3oc4ccccc4c3c2)N=C(c2ccc(-n3c4cc5ccccc5cc4c4c5ccccc5ccc43)c3oc4ccccc4c23)N=C1c1cccc2ccccc12. The average Bonchev–Trinajstić information content (AvgIpc) is 4.04. The van der Waals surface area contributed by atoms with E-state index in [4.69, 9.17) is 18.8 Å². The highest BCUT2D eigenvalue weighted by Crippen LogP contribution is 2.43. The lowest BCUT2D eigenvalue weighted by Crippen LogP contribution is -2.17. The lowest BCUT2D eigenvalue weighted by molar-refractivity contribution is 0.666. The molecule has 0 bridgehead atoms. The van der Waals surface area contributed by atoms with E-state index in [-0.39, 0.29) is 5.92 Å². The van der Waals surface area contributed by atoms with E-state index >= 15 is 0 Å². The molecule has 66 heavy (non-hydrogen) atoms. The molecule has 1 aliphatic heterocycles. The molecular weight excluding hydrogens is 807 g/mol. The largest absolute Gasteiger partial charge is 0.456 e. The van der Waals surface area contributed by atoms with E-state index < -0.39 is 0 Å². The smallest absolute Gasteiger partial charge is 0.160 e. The maximum atomic E-state index is 7.10. The zero-order valence-electron chi connectivity index (χ0n) is 36.0. The van der Waals surface area contributed by atoms with Crippen molar-refractivity contribution in [3.63, 3.8) is 0 Å². The fraction of sp³-hybridized carbons (Fsp3) is 0.0492. The Bertz CT molecular complexity index is 4280. The third-order valence-corrected chi connectivity index (χ3v) is 13.8. The number of nitrogens with zero attached hydrogens (tertiary/aromatic N) is 3. The normalized spacial score (nSPS) is 15.6. The van der Waals surface area contributed by atoms with Crippen molar-refractivity contribution in [1.82, 2.24) is 4.57 Å². The highest BCUT2D eigenvalue weighted by atomic mass is 16.3. The van der Waals surface area contributed by atoms with Crippen LogP contribution in [0.4, 0.5) is 0 Å². The van der Waals surface area contributed by atoms with Crippen molar-refractivity contribution in [3.8, 4) is 5.69 Å². The van der Waals surface area contributed by atoms with Crippen LogP contribution in [-0.2, 0) is 0 Å². The Morgan fingerprint density at radius 1 is 0.455 bits per heavy atom. The lowest BCUT2D eigenvalue weighted by atomic mass is 9.90. The van der Waals surface area contributed by atoms with Gasteiger partial charge in [0.05, 0.1) is 28.1 Å². The molecule has 1 unspecified atom stereocenters. The van der Waals surface area contributed by atoms with E-state index in [0.29, 0.717) is 5.84 Å². The molecule has 1 aliphatic rings. The van der Waals surface area contributed by atoms with Gasteiger partial charge in [-0.25, -0.2) is 9.98 Å². The first-order valence-electron chi connectivity index (χ1n) is 22.7. The van der Waals surface area contributed by atoms with Crippen molar-refractivity contribution in [2.45, 2.75) is 13.3 Å². The van der Waals surface area contributed by atoms with Crippen LogP contribution in [0.5, 0.6) is 0 Å². The predicted octanol–water partition coefficient (Wildman–Crippen LogP) is 16.4. The highest BCUT2D eigenvalue weighted by Gasteiger charge is 2.26. The average molecular weight is 846 g/mol. The van der Waals surface area contributed by atoms with Crippen LogP contribution in [-0.4, -0.2) is 16.1 Å². The van der Waals surface area contributed by atoms with Gasteiger partial charge >= 0.3 is 0 Å². The summed E-state index contributed by atoms with van der Waals surface area (Å²) < 4.78 is 15.8. The molecule has 0 radical (unpaired) electrons. The summed E-state index contributed by atoms with van der Waals surface area (Å²) in [5.74, 6) is 0.711. The standard InChI is InChI=1S/C61H39N3O2/c1-36-25-29-50(41-27-32-56-48(34-41)44-20-8-10-23-54(44)65-56)62-61(63-59(36)45-22-12-17-37-13-4-6-18-42(37)45)47-28-31-52(60-58(47)46-21-9-11-24-55(46)66-60)64-51-30-26-38-14-5-7-19-43(38)57(51)49-33-39-15-2-3-16-40(39)35-53(49)64/h2-24,26-36H,25H2,1H3/b50-29+,62-61?,63-59?. The van der Waals surface area contributed by atoms with Gasteiger partial charge in [0.25, 0.3) is 0 Å². The van der Waals surface area contributed by atoms with E-state index in [1.54, 1.807) is 0 Å². The zero-order valence-corrected chi connectivity index (χ0v) is 36.0. The summed E-state index contributed by atoms with van der Waals surface area (Å²) in [5, 5.41) is 13.7. The fourth-order valence-electron chi connectivity index (χ4n) is 10.7. The number of aliphatic imine (C=N–C) groups is 2. The lowest BCUT2D eigenvalue weighted by Gasteiger charge is -2.20. The summed E-state index contributed by atoms with van der Waals surface area (Å²) in [6.45, 7) is 2.28. The molecule has 10 aromatic carbocycles. The van der Waals surface area contributed by atoms with Gasteiger partial charge in [0.1, 0.15) is 16.7 Å². The molecule has 5 heteroatoms. The minimum atomic E-state index is 0.0768. The summed E-state index contributed by atoms with van der Waals surface area (Å²) in [5.41, 5.74) is 11.4. The van der Waals surface area contributed by atoms with Gasteiger partial charge in [-0.3, -0.25) is 0 Å². The second-order valence-electron chi connectivity index (χ2n) is 17.7. The Kier molecular flexibility index (Phi) is 7.96. The zero-order chi connectivity index (χ0) is 43.5. The molecule has 0 saturated heterocycles. The Morgan fingerprint density at radius 3 is 1.95 bits per heavy atom. The quantitative estimate of drug-likeness (QED) is 0.177. The van der Waals surface area contributed by atoms with Gasteiger partial charge < -0.3 is 13.4 Å². The van der Waals surface area contributed by atoms with Crippen LogP contribution in [0.2, 0.25) is 0 Å². The Balaban J connectivity index is 1.07. The van der Waals surface area contributed by atoms with Crippen LogP contribution in [0, 0.1) is 5.92 Å². The van der Waals surface area contributed by atoms with Crippen LogP contribution in [0.15, 0.2) is 219 Å². The van der Waals surface area contributed by atoms with E-state index in [1.165, 1.54) is 43.1 Å². The molecule has 0 fully saturated rings. The Hall–Kier alpha value is -8.54. The second kappa shape index (κ2) is 14.2. The van der Waals surface area contributed by atoms with Crippen LogP contribution < -0.4 is 0 Å². The summed E-state index contributed by atoms with van der Waals surface area (Å²) in [6, 6.07) is 69.1. The maximum absolute atomic E-state index is 7.10. The molecule has 0 amide bonds. The Labute approximate surface area is 378 Å². The number of hydrogen-bond donors (Lipinski definition) is 0. The number of para-hydroxylation sites is 2. The monoisotopic (exact) mass is 845 g/mol. The summed E-state index contributed by atoms with van der Waals surface area (Å²) >= 11 is 0. The maximum Gasteiger partial charge on any atom is 0.160 e. The van der Waals surface area contributed by atoms with Crippen LogP contribution >= 0.6 is 0 Å². The molecule has 1 atom stereocenters. The number of hydrogen-bond acceptors (Lipinski definition) is 4. The van der Waals surface area contributed by atoms with Crippen molar-refractivity contribution in [2.75, 3.05) is 0 Å². The second-order valence-corrected chi connectivity index (χ2v) is 17.7. The first kappa shape index (κ1) is 36.9. The van der Waals surface area contributed by atoms with Crippen molar-refractivity contribution < 1.29 is 8.83 Å². The van der Waals surface area contributed by atoms with E-state index in [2.05, 4.69) is 193 Å². The van der Waals surface area contributed by atoms with Gasteiger partial charge in [-0.1, -0.05) is 146 Å². The number of furan rings is 2. The van der Waals surface area contributed by atoms with Crippen molar-refractivity contribution in [3.05, 3.63) is 217 Å². The molecular formula is C61H39N3O2. The van der Waals surface area contributed by atoms with Crippen molar-refractivity contribution in [2.24, 2.45) is 15.9 Å². The van der Waals surface area contributed by atoms with Gasteiger partial charge in [-0.2, -0.15) is 0 Å². The van der Waals surface area contributed by atoms with Gasteiger partial charge in [0.15, 0.2) is 11.4 Å². The van der Waals surface area contributed by atoms with Crippen molar-refractivity contribution in [1.29, 1.82) is 0 Å². The molecule has 310 valence electrons. The highest BCUT2D eigenvalue weighted by molar-refractivity contribution is 6.27. The third-order valence-electron chi connectivity index (χ3n) is 13.8. The molecule has 0 saturated carbocycles. The Morgan fingerprint density at radius 2 is 1.12 bits per heavy atom. The number of amidine groups is 1. The number of aromatic nitrogens is 1. The van der Waals surface area contributed by atoms with Gasteiger partial charge in [-0.15, -0.1) is 0 Å². The van der Waals surface area contributed by atoms with E-state index in [9.17, 15) is 0 Å². The van der Waals surface area contributed by atoms with E-state index in [1.807, 2.05) is 18.2 Å². The molecule has 14 rings (SSSR count). The first-order chi connectivity index (χ1) is 32.6. The summed E-state index contributed by atoms with van der Waals surface area (Å²) in [4.78, 5) is 11.4. The number of rotatable bonds is 4. The topological polar surface area (TPSA) is 55.9 Å². The molecule has 4 heterocycles. The van der Waals surface area contributed by atoms with Gasteiger partial charge in [-0.05, 0) is 99.4 Å². The fourth-order valence-corrected chi connectivity index (χ4v) is 10.7. The molecule has 5 nitrogen and oxygen atoms in total. The van der Waals surface area contributed by atoms with E-state index in [0.717, 1.165) is 95.1 Å². The molecule has 3 aromatic heterocycles. The first-order valence-corrected chi connectivity index (χ1v) is 22.7. The van der Waals surface area contributed by atoms with Crippen LogP contribution in [0.3, 0.4) is 0 Å². The van der Waals surface area contributed by atoms with Crippen LogP contribution in [0.1, 0.15) is 30.0 Å². The number of fused-ring (bicyclic) bond motifs is 13. The third kappa shape index (κ3) is 5.53. The van der Waals surface area contributed by atoms with Crippen LogP contribution in [0.25, 0.3) is 109 Å². The minimum absolute atomic E-state index is 0.0768. The predicted molar refractivity (Wildman–Crippen MR) is 276 cm³/mol. The molecule has 0 N–H and O–H groups in total. The van der Waals surface area contributed by atoms with Gasteiger partial charge in [0, 0.05) is 54.9 Å². The van der Waals surface area contributed by atoms with Crippen molar-refractivity contribution >= 4 is 115 Å². The molecule has 0 spiro atoms. The number of benzene rings is 10. The molecule has 13 aromatic rings. The minimum Gasteiger partial charge on any atom is -0.456 e. The number of allylic oxidation sites excluding steroid dienone is 1. The summed E-state index contributed by atoms with van der Waals surface area (Å²) in [7, 11) is 0. The van der Waals surface area contributed by atoms with Gasteiger partial charge in [0.2, 0.25) is 0 Å². The summed E-state index contributed by atoms with van der Waals surface area (Å²) in [6.07, 6.45) is 3.05.